The van der Waals surface area contributed by atoms with E-state index in [4.69, 9.17) is 0 Å². The number of nitrogens with one attached hydrogen (secondary N) is 1. The fourth-order valence-corrected chi connectivity index (χ4v) is 3.04. The molecular formula is C16H14FNOS. The molecule has 3 aromatic rings. The van der Waals surface area contributed by atoms with Gasteiger partial charge in [0.05, 0.1) is 6.04 Å². The van der Waals surface area contributed by atoms with Crippen LogP contribution in [-0.4, -0.2) is 5.11 Å². The van der Waals surface area contributed by atoms with Gasteiger partial charge in [0, 0.05) is 22.0 Å². The Bertz CT molecular complexity index is 753. The molecule has 2 aromatic carbocycles. The number of aromatic hydroxyl groups is 1. The molecular weight excluding hydrogens is 273 g/mol. The number of fused-ring (bicyclic) bond motifs is 1. The van der Waals surface area contributed by atoms with Crippen LogP contribution in [0.5, 0.6) is 5.75 Å². The van der Waals surface area contributed by atoms with E-state index in [0.29, 0.717) is 5.56 Å². The molecule has 0 aliphatic rings. The first-order chi connectivity index (χ1) is 9.63. The molecule has 0 aliphatic heterocycles. The second-order valence-corrected chi connectivity index (χ2v) is 5.69. The van der Waals surface area contributed by atoms with Crippen molar-refractivity contribution in [2.45, 2.75) is 13.0 Å². The van der Waals surface area contributed by atoms with Gasteiger partial charge in [0.25, 0.3) is 0 Å². The Balaban J connectivity index is 1.85. The number of thiophene rings is 1. The van der Waals surface area contributed by atoms with Crippen molar-refractivity contribution in [1.82, 2.24) is 0 Å². The van der Waals surface area contributed by atoms with Gasteiger partial charge in [-0.2, -0.15) is 0 Å². The molecule has 4 heteroatoms. The van der Waals surface area contributed by atoms with Gasteiger partial charge in [-0.05, 0) is 48.0 Å². The van der Waals surface area contributed by atoms with Gasteiger partial charge in [-0.3, -0.25) is 0 Å². The molecule has 2 N–H and O–H groups in total. The van der Waals surface area contributed by atoms with Crippen LogP contribution in [0.25, 0.3) is 10.1 Å². The molecule has 1 unspecified atom stereocenters. The van der Waals surface area contributed by atoms with E-state index in [9.17, 15) is 9.50 Å². The van der Waals surface area contributed by atoms with Gasteiger partial charge in [0.2, 0.25) is 0 Å². The van der Waals surface area contributed by atoms with Gasteiger partial charge in [0.1, 0.15) is 11.6 Å². The summed E-state index contributed by atoms with van der Waals surface area (Å²) < 4.78 is 14.2. The van der Waals surface area contributed by atoms with Crippen molar-refractivity contribution >= 4 is 27.1 Å². The van der Waals surface area contributed by atoms with E-state index in [0.717, 1.165) is 11.8 Å². The first-order valence-electron chi connectivity index (χ1n) is 6.36. The normalized spacial score (nSPS) is 12.5. The van der Waals surface area contributed by atoms with E-state index >= 15 is 0 Å². The number of benzene rings is 2. The molecule has 1 heterocycles. The molecule has 102 valence electrons. The summed E-state index contributed by atoms with van der Waals surface area (Å²) in [7, 11) is 0. The second-order valence-electron chi connectivity index (χ2n) is 4.74. The Kier molecular flexibility index (Phi) is 3.32. The average molecular weight is 287 g/mol. The van der Waals surface area contributed by atoms with Gasteiger partial charge in [-0.25, -0.2) is 4.39 Å². The average Bonchev–Trinajstić information content (AvgIpc) is 2.85. The van der Waals surface area contributed by atoms with Crippen molar-refractivity contribution in [3.8, 4) is 5.75 Å². The Hall–Kier alpha value is -2.07. The van der Waals surface area contributed by atoms with Crippen LogP contribution in [0.15, 0.2) is 47.8 Å². The summed E-state index contributed by atoms with van der Waals surface area (Å²) in [6.07, 6.45) is 0. The maximum absolute atomic E-state index is 13.0. The number of anilines is 1. The lowest BCUT2D eigenvalue weighted by Crippen LogP contribution is -2.06. The summed E-state index contributed by atoms with van der Waals surface area (Å²) in [5.74, 6) is -0.459. The topological polar surface area (TPSA) is 32.3 Å². The van der Waals surface area contributed by atoms with E-state index in [-0.39, 0.29) is 11.8 Å². The molecule has 0 saturated carbocycles. The molecule has 0 aliphatic carbocycles. The first-order valence-corrected chi connectivity index (χ1v) is 7.23. The van der Waals surface area contributed by atoms with Crippen molar-refractivity contribution in [3.05, 3.63) is 59.2 Å². The SMILES string of the molecule is CC(Nc1ccc2sccc2c1)c1ccc(F)cc1O. The number of phenolic OH excluding ortho intramolecular Hbond substituents is 1. The molecule has 20 heavy (non-hydrogen) atoms. The number of phenols is 1. The molecule has 0 amide bonds. The molecule has 0 bridgehead atoms. The van der Waals surface area contributed by atoms with Crippen LogP contribution in [0.1, 0.15) is 18.5 Å². The Morgan fingerprint density at radius 2 is 2.00 bits per heavy atom. The van der Waals surface area contributed by atoms with Crippen LogP contribution in [-0.2, 0) is 0 Å². The van der Waals surface area contributed by atoms with Gasteiger partial charge >= 0.3 is 0 Å². The predicted octanol–water partition coefficient (Wildman–Crippen LogP) is 4.92. The van der Waals surface area contributed by atoms with Gasteiger partial charge in [-0.1, -0.05) is 6.07 Å². The van der Waals surface area contributed by atoms with E-state index in [2.05, 4.69) is 28.9 Å². The van der Waals surface area contributed by atoms with E-state index in [1.165, 1.54) is 16.2 Å². The fourth-order valence-electron chi connectivity index (χ4n) is 2.27. The van der Waals surface area contributed by atoms with Crippen molar-refractivity contribution in [3.63, 3.8) is 0 Å². The van der Waals surface area contributed by atoms with Crippen molar-refractivity contribution in [2.75, 3.05) is 5.32 Å². The van der Waals surface area contributed by atoms with Gasteiger partial charge in [-0.15, -0.1) is 11.3 Å². The van der Waals surface area contributed by atoms with Crippen LogP contribution in [0.4, 0.5) is 10.1 Å². The summed E-state index contributed by atoms with van der Waals surface area (Å²) in [5, 5.41) is 16.4. The number of halogens is 1. The van der Waals surface area contributed by atoms with Crippen LogP contribution >= 0.6 is 11.3 Å². The summed E-state index contributed by atoms with van der Waals surface area (Å²) in [4.78, 5) is 0. The first kappa shape index (κ1) is 12.9. The highest BCUT2D eigenvalue weighted by Crippen LogP contribution is 2.29. The third kappa shape index (κ3) is 2.47. The van der Waals surface area contributed by atoms with E-state index < -0.39 is 5.82 Å². The second kappa shape index (κ2) is 5.13. The highest BCUT2D eigenvalue weighted by molar-refractivity contribution is 7.17. The minimum atomic E-state index is -0.432. The van der Waals surface area contributed by atoms with Crippen LogP contribution < -0.4 is 5.32 Å². The zero-order valence-electron chi connectivity index (χ0n) is 10.9. The third-order valence-corrected chi connectivity index (χ3v) is 4.19. The van der Waals surface area contributed by atoms with Crippen molar-refractivity contribution in [1.29, 1.82) is 0 Å². The van der Waals surface area contributed by atoms with Crippen LogP contribution in [0.2, 0.25) is 0 Å². The van der Waals surface area contributed by atoms with Gasteiger partial charge in [0.15, 0.2) is 0 Å². The third-order valence-electron chi connectivity index (χ3n) is 3.29. The molecule has 1 atom stereocenters. The monoisotopic (exact) mass is 287 g/mol. The predicted molar refractivity (Wildman–Crippen MR) is 81.9 cm³/mol. The zero-order chi connectivity index (χ0) is 14.1. The molecule has 0 spiro atoms. The summed E-state index contributed by atoms with van der Waals surface area (Å²) >= 11 is 1.71. The molecule has 2 nitrogen and oxygen atoms in total. The largest absolute Gasteiger partial charge is 0.507 e. The standard InChI is InChI=1S/C16H14FNOS/c1-10(14-4-2-12(17)9-15(14)19)18-13-3-5-16-11(8-13)6-7-20-16/h2-10,18-19H,1H3. The summed E-state index contributed by atoms with van der Waals surface area (Å²) in [6.45, 7) is 1.94. The lowest BCUT2D eigenvalue weighted by molar-refractivity contribution is 0.459. The maximum atomic E-state index is 13.0. The molecule has 0 fully saturated rings. The lowest BCUT2D eigenvalue weighted by atomic mass is 10.1. The summed E-state index contributed by atoms with van der Waals surface area (Å²) in [5.41, 5.74) is 1.66. The fraction of sp³-hybridized carbons (Fsp3) is 0.125. The molecule has 0 radical (unpaired) electrons. The molecule has 3 rings (SSSR count). The van der Waals surface area contributed by atoms with Crippen molar-refractivity contribution < 1.29 is 9.50 Å². The Morgan fingerprint density at radius 1 is 1.15 bits per heavy atom. The van der Waals surface area contributed by atoms with Crippen LogP contribution in [0.3, 0.4) is 0 Å². The Labute approximate surface area is 120 Å². The van der Waals surface area contributed by atoms with Crippen molar-refractivity contribution in [2.24, 2.45) is 0 Å². The smallest absolute Gasteiger partial charge is 0.126 e. The highest BCUT2D eigenvalue weighted by Gasteiger charge is 2.11. The Morgan fingerprint density at radius 3 is 2.80 bits per heavy atom. The quantitative estimate of drug-likeness (QED) is 0.716. The van der Waals surface area contributed by atoms with E-state index in [1.54, 1.807) is 17.4 Å². The van der Waals surface area contributed by atoms with E-state index in [1.807, 2.05) is 13.0 Å². The highest BCUT2D eigenvalue weighted by atomic mass is 32.1. The zero-order valence-corrected chi connectivity index (χ0v) is 11.7. The molecule has 1 aromatic heterocycles. The molecule has 0 saturated heterocycles. The number of hydrogen-bond donors (Lipinski definition) is 2. The lowest BCUT2D eigenvalue weighted by Gasteiger charge is -2.17. The number of rotatable bonds is 3. The number of hydrogen-bond acceptors (Lipinski definition) is 3. The minimum absolute atomic E-state index is 0.0263. The maximum Gasteiger partial charge on any atom is 0.126 e. The van der Waals surface area contributed by atoms with Gasteiger partial charge < -0.3 is 10.4 Å². The minimum Gasteiger partial charge on any atom is -0.507 e. The summed E-state index contributed by atoms with van der Waals surface area (Å²) in [6, 6.07) is 12.2. The van der Waals surface area contributed by atoms with Crippen LogP contribution in [0, 0.1) is 5.82 Å².